The van der Waals surface area contributed by atoms with Gasteiger partial charge in [0, 0.05) is 35.0 Å². The topological polar surface area (TPSA) is 66.8 Å². The van der Waals surface area contributed by atoms with Crippen molar-refractivity contribution in [2.75, 3.05) is 26.8 Å². The Morgan fingerprint density at radius 3 is 2.84 bits per heavy atom. The molecule has 1 amide bonds. The number of thiophene rings is 2. The van der Waals surface area contributed by atoms with Gasteiger partial charge in [-0.1, -0.05) is 18.2 Å². The van der Waals surface area contributed by atoms with E-state index in [0.717, 1.165) is 9.40 Å². The van der Waals surface area contributed by atoms with E-state index in [2.05, 4.69) is 12.1 Å². The van der Waals surface area contributed by atoms with Gasteiger partial charge in [-0.3, -0.25) is 9.59 Å². The van der Waals surface area contributed by atoms with Gasteiger partial charge in [0.05, 0.1) is 16.2 Å². The third-order valence-corrected chi connectivity index (χ3v) is 7.18. The number of aliphatic carboxylic acids is 1. The SMILES string of the molecule is COCC1(C(=O)O)CCN(C(=O)c2cc3sc4ccccc4c3s2)C1. The van der Waals surface area contributed by atoms with Gasteiger partial charge in [0.25, 0.3) is 5.91 Å². The van der Waals surface area contributed by atoms with Crippen LogP contribution < -0.4 is 0 Å². The molecule has 2 aromatic heterocycles. The van der Waals surface area contributed by atoms with E-state index in [1.54, 1.807) is 16.2 Å². The normalized spacial score (nSPS) is 20.6. The number of carboxylic acid groups (broad SMARTS) is 1. The quantitative estimate of drug-likeness (QED) is 0.755. The predicted molar refractivity (Wildman–Crippen MR) is 99.7 cm³/mol. The van der Waals surface area contributed by atoms with Crippen LogP contribution in [0.4, 0.5) is 0 Å². The highest BCUT2D eigenvalue weighted by Crippen LogP contribution is 2.40. The number of carbonyl (C=O) groups is 2. The highest BCUT2D eigenvalue weighted by Gasteiger charge is 2.46. The van der Waals surface area contributed by atoms with Gasteiger partial charge in [0.2, 0.25) is 0 Å². The van der Waals surface area contributed by atoms with Gasteiger partial charge < -0.3 is 14.7 Å². The molecule has 1 N–H and O–H groups in total. The van der Waals surface area contributed by atoms with Crippen LogP contribution in [0.2, 0.25) is 0 Å². The summed E-state index contributed by atoms with van der Waals surface area (Å²) in [5.74, 6) is -0.987. The van der Waals surface area contributed by atoms with E-state index in [9.17, 15) is 14.7 Å². The second kappa shape index (κ2) is 6.09. The molecule has 0 bridgehead atoms. The van der Waals surface area contributed by atoms with Crippen LogP contribution in [-0.2, 0) is 9.53 Å². The number of ether oxygens (including phenoxy) is 1. The molecule has 4 rings (SSSR count). The molecular formula is C18H17NO4S2. The van der Waals surface area contributed by atoms with Crippen molar-refractivity contribution in [1.82, 2.24) is 4.90 Å². The third-order valence-electron chi connectivity index (χ3n) is 4.78. The number of benzene rings is 1. The molecule has 3 aromatic rings. The number of rotatable bonds is 4. The van der Waals surface area contributed by atoms with E-state index in [4.69, 9.17) is 4.74 Å². The van der Waals surface area contributed by atoms with Crippen LogP contribution in [0.15, 0.2) is 30.3 Å². The van der Waals surface area contributed by atoms with Gasteiger partial charge in [-0.05, 0) is 18.6 Å². The standard InChI is InChI=1S/C18H17NO4S2/c1-23-10-18(17(21)22)6-7-19(9-18)16(20)14-8-13-15(25-14)11-4-2-3-5-12(11)24-13/h2-5,8H,6-7,9-10H2,1H3,(H,21,22). The Morgan fingerprint density at radius 2 is 2.08 bits per heavy atom. The molecule has 130 valence electrons. The number of amides is 1. The molecule has 3 heterocycles. The molecule has 1 aliphatic heterocycles. The number of carbonyl (C=O) groups excluding carboxylic acids is 1. The summed E-state index contributed by atoms with van der Waals surface area (Å²) in [6.45, 7) is 0.762. The zero-order valence-corrected chi connectivity index (χ0v) is 15.3. The van der Waals surface area contributed by atoms with Crippen LogP contribution in [0.3, 0.4) is 0 Å². The maximum atomic E-state index is 12.9. The first kappa shape index (κ1) is 16.5. The average molecular weight is 375 g/mol. The Kier molecular flexibility index (Phi) is 4.02. The highest BCUT2D eigenvalue weighted by atomic mass is 32.1. The minimum atomic E-state index is -0.994. The molecule has 25 heavy (non-hydrogen) atoms. The molecule has 0 spiro atoms. The molecule has 1 atom stereocenters. The lowest BCUT2D eigenvalue weighted by Gasteiger charge is -2.23. The van der Waals surface area contributed by atoms with E-state index in [-0.39, 0.29) is 19.1 Å². The number of nitrogens with zero attached hydrogens (tertiary/aromatic N) is 1. The Labute approximate surface area is 152 Å². The Bertz CT molecular complexity index is 976. The molecule has 0 aliphatic carbocycles. The second-order valence-electron chi connectivity index (χ2n) is 6.40. The van der Waals surface area contributed by atoms with Gasteiger partial charge in [-0.25, -0.2) is 0 Å². The summed E-state index contributed by atoms with van der Waals surface area (Å²) in [5.41, 5.74) is -0.994. The lowest BCUT2D eigenvalue weighted by Crippen LogP contribution is -2.40. The van der Waals surface area contributed by atoms with Gasteiger partial charge in [-0.15, -0.1) is 22.7 Å². The molecule has 0 saturated carbocycles. The first-order valence-electron chi connectivity index (χ1n) is 7.97. The molecule has 1 fully saturated rings. The number of hydrogen-bond acceptors (Lipinski definition) is 5. The lowest BCUT2D eigenvalue weighted by atomic mass is 9.88. The molecule has 5 nitrogen and oxygen atoms in total. The number of methoxy groups -OCH3 is 1. The molecule has 1 unspecified atom stereocenters. The van der Waals surface area contributed by atoms with Crippen molar-refractivity contribution in [3.05, 3.63) is 35.2 Å². The summed E-state index contributed by atoms with van der Waals surface area (Å²) in [6.07, 6.45) is 0.421. The molecular weight excluding hydrogens is 358 g/mol. The van der Waals surface area contributed by atoms with Crippen molar-refractivity contribution in [1.29, 1.82) is 0 Å². The summed E-state index contributed by atoms with van der Waals surface area (Å²) >= 11 is 3.17. The van der Waals surface area contributed by atoms with Crippen molar-refractivity contribution in [3.63, 3.8) is 0 Å². The molecule has 1 aromatic carbocycles. The number of carboxylic acids is 1. The zero-order valence-electron chi connectivity index (χ0n) is 13.7. The molecule has 0 radical (unpaired) electrons. The third kappa shape index (κ3) is 2.63. The second-order valence-corrected chi connectivity index (χ2v) is 8.53. The van der Waals surface area contributed by atoms with Gasteiger partial charge in [0.1, 0.15) is 5.41 Å². The number of fused-ring (bicyclic) bond motifs is 3. The summed E-state index contributed by atoms with van der Waals surface area (Å²) in [7, 11) is 1.49. The zero-order chi connectivity index (χ0) is 17.6. The fourth-order valence-electron chi connectivity index (χ4n) is 3.44. The van der Waals surface area contributed by atoms with Crippen LogP contribution in [0.25, 0.3) is 19.5 Å². The van der Waals surface area contributed by atoms with Crippen LogP contribution in [0.1, 0.15) is 16.1 Å². The van der Waals surface area contributed by atoms with Crippen molar-refractivity contribution in [3.8, 4) is 0 Å². The first-order valence-corrected chi connectivity index (χ1v) is 9.60. The number of likely N-dealkylation sites (tertiary alicyclic amines) is 1. The van der Waals surface area contributed by atoms with Crippen molar-refractivity contribution < 1.29 is 19.4 Å². The van der Waals surface area contributed by atoms with Crippen LogP contribution in [0.5, 0.6) is 0 Å². The van der Waals surface area contributed by atoms with E-state index in [1.807, 2.05) is 18.2 Å². The van der Waals surface area contributed by atoms with Gasteiger partial charge in [0.15, 0.2) is 0 Å². The maximum Gasteiger partial charge on any atom is 0.313 e. The van der Waals surface area contributed by atoms with Gasteiger partial charge in [-0.2, -0.15) is 0 Å². The van der Waals surface area contributed by atoms with Crippen LogP contribution >= 0.6 is 22.7 Å². The smallest absolute Gasteiger partial charge is 0.313 e. The van der Waals surface area contributed by atoms with Crippen LogP contribution in [0, 0.1) is 5.41 Å². The maximum absolute atomic E-state index is 12.9. The number of hydrogen-bond donors (Lipinski definition) is 1. The summed E-state index contributed by atoms with van der Waals surface area (Å²) in [4.78, 5) is 26.8. The van der Waals surface area contributed by atoms with Crippen LogP contribution in [-0.4, -0.2) is 48.7 Å². The Hall–Kier alpha value is -1.96. The first-order chi connectivity index (χ1) is 12.0. The largest absolute Gasteiger partial charge is 0.481 e. The van der Waals surface area contributed by atoms with E-state index in [0.29, 0.717) is 17.8 Å². The van der Waals surface area contributed by atoms with Crippen molar-refractivity contribution in [2.24, 2.45) is 5.41 Å². The van der Waals surface area contributed by atoms with E-state index in [1.165, 1.54) is 28.5 Å². The van der Waals surface area contributed by atoms with Crippen molar-refractivity contribution in [2.45, 2.75) is 6.42 Å². The molecule has 1 aliphatic rings. The predicted octanol–water partition coefficient (Wildman–Crippen LogP) is 3.68. The van der Waals surface area contributed by atoms with Gasteiger partial charge >= 0.3 is 5.97 Å². The minimum absolute atomic E-state index is 0.0864. The van der Waals surface area contributed by atoms with E-state index >= 15 is 0 Å². The average Bonchev–Trinajstić information content (AvgIpc) is 3.27. The minimum Gasteiger partial charge on any atom is -0.481 e. The van der Waals surface area contributed by atoms with E-state index < -0.39 is 11.4 Å². The summed E-state index contributed by atoms with van der Waals surface area (Å²) in [6, 6.07) is 10.1. The van der Waals surface area contributed by atoms with Crippen molar-refractivity contribution >= 4 is 54.0 Å². The summed E-state index contributed by atoms with van der Waals surface area (Å²) in [5, 5.41) is 10.7. The highest BCUT2D eigenvalue weighted by molar-refractivity contribution is 7.33. The fraction of sp³-hybridized carbons (Fsp3) is 0.333. The molecule has 7 heteroatoms. The fourth-order valence-corrected chi connectivity index (χ4v) is 5.93. The monoisotopic (exact) mass is 375 g/mol. The molecule has 1 saturated heterocycles. The lowest BCUT2D eigenvalue weighted by molar-refractivity contribution is -0.151. The Morgan fingerprint density at radius 1 is 1.28 bits per heavy atom. The summed E-state index contributed by atoms with van der Waals surface area (Å²) < 4.78 is 8.55. The Balaban J connectivity index is 1.63.